The molecule has 0 bridgehead atoms. The quantitative estimate of drug-likeness (QED) is 0.653. The predicted octanol–water partition coefficient (Wildman–Crippen LogP) is 4.18. The van der Waals surface area contributed by atoms with Crippen molar-refractivity contribution in [2.45, 2.75) is 39.5 Å². The molecule has 0 aliphatic heterocycles. The van der Waals surface area contributed by atoms with Crippen LogP contribution in [0.4, 0.5) is 0 Å². The van der Waals surface area contributed by atoms with Crippen LogP contribution < -0.4 is 0 Å². The Kier molecular flexibility index (Phi) is 3.36. The van der Waals surface area contributed by atoms with Gasteiger partial charge in [0.05, 0.1) is 0 Å². The summed E-state index contributed by atoms with van der Waals surface area (Å²) in [6.45, 7) is 16.8. The van der Waals surface area contributed by atoms with Crippen LogP contribution in [0.25, 0.3) is 0 Å². The summed E-state index contributed by atoms with van der Waals surface area (Å²) in [4.78, 5) is 0. The maximum absolute atomic E-state index is 4.13. The molecule has 2 atom stereocenters. The normalized spacial score (nSPS) is 11.4. The molecule has 2 radical (unpaired) electrons. The molecule has 1 rings (SSSR count). The molecule has 0 saturated carbocycles. The zero-order valence-corrected chi connectivity index (χ0v) is 9.72. The third-order valence-electron chi connectivity index (χ3n) is 2.84. The van der Waals surface area contributed by atoms with E-state index in [2.05, 4.69) is 53.7 Å². The molecule has 0 aliphatic rings. The lowest BCUT2D eigenvalue weighted by Crippen LogP contribution is -2.03. The van der Waals surface area contributed by atoms with Crippen LogP contribution in [0, 0.1) is 27.7 Å². The van der Waals surface area contributed by atoms with Gasteiger partial charge < -0.3 is 0 Å². The van der Waals surface area contributed by atoms with E-state index in [1.165, 1.54) is 22.3 Å². The summed E-state index contributed by atoms with van der Waals surface area (Å²) in [7, 11) is 0. The van der Waals surface area contributed by atoms with E-state index in [0.29, 0.717) is 11.8 Å². The fraction of sp³-hybridized carbons (Fsp3) is 0.429. The van der Waals surface area contributed by atoms with Gasteiger partial charge in [-0.15, -0.1) is 0 Å². The smallest absolute Gasteiger partial charge is 0.0185 e. The van der Waals surface area contributed by atoms with Gasteiger partial charge >= 0.3 is 0 Å². The van der Waals surface area contributed by atoms with E-state index >= 15 is 0 Å². The van der Waals surface area contributed by atoms with E-state index in [9.17, 15) is 0 Å². The Bertz CT molecular complexity index is 319. The average Bonchev–Trinajstić information content (AvgIpc) is 2.08. The fourth-order valence-electron chi connectivity index (χ4n) is 1.94. The maximum Gasteiger partial charge on any atom is -0.0185 e. The van der Waals surface area contributed by atoms with Crippen LogP contribution in [0.5, 0.6) is 0 Å². The van der Waals surface area contributed by atoms with E-state index < -0.39 is 0 Å². The first-order chi connectivity index (χ1) is 6.45. The number of hydrogen-bond donors (Lipinski definition) is 0. The monoisotopic (exact) mass is 188 g/mol. The maximum atomic E-state index is 4.13. The van der Waals surface area contributed by atoms with Crippen molar-refractivity contribution in [2.75, 3.05) is 0 Å². The predicted molar refractivity (Wildman–Crippen MR) is 63.5 cm³/mol. The lowest BCUT2D eigenvalue weighted by molar-refractivity contribution is 0.863. The summed E-state index contributed by atoms with van der Waals surface area (Å²) in [6.07, 6.45) is 0. The Hall–Kier alpha value is -0.780. The molecule has 0 aliphatic carbocycles. The van der Waals surface area contributed by atoms with E-state index in [0.717, 1.165) is 0 Å². The average molecular weight is 188 g/mol. The highest BCUT2D eigenvalue weighted by Crippen LogP contribution is 2.30. The van der Waals surface area contributed by atoms with Gasteiger partial charge in [-0.05, 0) is 61.8 Å². The van der Waals surface area contributed by atoms with Gasteiger partial charge in [0.1, 0.15) is 0 Å². The number of rotatable bonds is 2. The lowest BCUT2D eigenvalue weighted by atomic mass is 9.85. The molecule has 1 aromatic rings. The highest BCUT2D eigenvalue weighted by molar-refractivity contribution is 5.44. The molecule has 2 unspecified atom stereocenters. The van der Waals surface area contributed by atoms with Crippen molar-refractivity contribution in [1.29, 1.82) is 0 Å². The van der Waals surface area contributed by atoms with Crippen molar-refractivity contribution in [3.63, 3.8) is 0 Å². The summed E-state index contributed by atoms with van der Waals surface area (Å²) in [5, 5.41) is 0. The van der Waals surface area contributed by atoms with Crippen molar-refractivity contribution in [1.82, 2.24) is 0 Å². The van der Waals surface area contributed by atoms with E-state index in [1.54, 1.807) is 0 Å². The standard InChI is InChI=1S/C14H20/c1-9(2)13-8-7-11(5)12(6)14(13)10(3)4/h7-10H,1,3H2,2,4-6H3. The second-order valence-corrected chi connectivity index (χ2v) is 4.31. The van der Waals surface area contributed by atoms with Crippen molar-refractivity contribution < 1.29 is 0 Å². The van der Waals surface area contributed by atoms with Crippen molar-refractivity contribution in [3.8, 4) is 0 Å². The Balaban J connectivity index is 3.38. The minimum atomic E-state index is 0.341. The Morgan fingerprint density at radius 3 is 2.00 bits per heavy atom. The van der Waals surface area contributed by atoms with Gasteiger partial charge in [0.15, 0.2) is 0 Å². The van der Waals surface area contributed by atoms with Gasteiger partial charge in [0.2, 0.25) is 0 Å². The first kappa shape index (κ1) is 11.3. The SMILES string of the molecule is [CH2]C(C)c1ccc(C)c(C)c1C([CH2])C. The Morgan fingerprint density at radius 1 is 1.00 bits per heavy atom. The highest BCUT2D eigenvalue weighted by atomic mass is 14.2. The van der Waals surface area contributed by atoms with E-state index in [-0.39, 0.29) is 0 Å². The Labute approximate surface area is 88.4 Å². The zero-order valence-electron chi connectivity index (χ0n) is 9.72. The minimum Gasteiger partial charge on any atom is -0.0588 e. The summed E-state index contributed by atoms with van der Waals surface area (Å²) in [5.41, 5.74) is 5.45. The highest BCUT2D eigenvalue weighted by Gasteiger charge is 2.13. The van der Waals surface area contributed by atoms with Crippen molar-refractivity contribution >= 4 is 0 Å². The van der Waals surface area contributed by atoms with Gasteiger partial charge in [0.25, 0.3) is 0 Å². The van der Waals surface area contributed by atoms with Gasteiger partial charge in [-0.1, -0.05) is 26.0 Å². The van der Waals surface area contributed by atoms with Gasteiger partial charge in [-0.3, -0.25) is 0 Å². The van der Waals surface area contributed by atoms with Crippen molar-refractivity contribution in [2.24, 2.45) is 0 Å². The molecule has 0 amide bonds. The number of benzene rings is 1. The number of hydrogen-bond acceptors (Lipinski definition) is 0. The molecule has 0 fully saturated rings. The molecule has 0 N–H and O–H groups in total. The molecule has 0 heteroatoms. The molecule has 14 heavy (non-hydrogen) atoms. The first-order valence-corrected chi connectivity index (χ1v) is 5.21. The van der Waals surface area contributed by atoms with Crippen LogP contribution >= 0.6 is 0 Å². The molecule has 76 valence electrons. The molecule has 0 spiro atoms. The third kappa shape index (κ3) is 2.00. The topological polar surface area (TPSA) is 0 Å². The second-order valence-electron chi connectivity index (χ2n) is 4.31. The summed E-state index contributed by atoms with van der Waals surface area (Å²) >= 11 is 0. The van der Waals surface area contributed by atoms with Crippen LogP contribution in [0.1, 0.15) is 47.9 Å². The Morgan fingerprint density at radius 2 is 1.57 bits per heavy atom. The molecule has 0 aromatic heterocycles. The van der Waals surface area contributed by atoms with Crippen LogP contribution in [0.3, 0.4) is 0 Å². The molecular weight excluding hydrogens is 168 g/mol. The molecule has 0 nitrogen and oxygen atoms in total. The summed E-state index contributed by atoms with van der Waals surface area (Å²) < 4.78 is 0. The molecular formula is C14H20. The van der Waals surface area contributed by atoms with Crippen LogP contribution in [-0.2, 0) is 0 Å². The van der Waals surface area contributed by atoms with Gasteiger partial charge in [0, 0.05) is 0 Å². The molecule has 1 aromatic carbocycles. The van der Waals surface area contributed by atoms with E-state index in [4.69, 9.17) is 0 Å². The van der Waals surface area contributed by atoms with Crippen molar-refractivity contribution in [3.05, 3.63) is 48.2 Å². The summed E-state index contributed by atoms with van der Waals surface area (Å²) in [5.74, 6) is 0.683. The first-order valence-electron chi connectivity index (χ1n) is 5.21. The molecule has 0 saturated heterocycles. The lowest BCUT2D eigenvalue weighted by Gasteiger charge is -2.20. The minimum absolute atomic E-state index is 0.341. The summed E-state index contributed by atoms with van der Waals surface area (Å²) in [6, 6.07) is 4.37. The second kappa shape index (κ2) is 4.16. The van der Waals surface area contributed by atoms with Gasteiger partial charge in [-0.2, -0.15) is 0 Å². The largest absolute Gasteiger partial charge is 0.0588 e. The van der Waals surface area contributed by atoms with Crippen LogP contribution in [0.2, 0.25) is 0 Å². The fourth-order valence-corrected chi connectivity index (χ4v) is 1.94. The van der Waals surface area contributed by atoms with Crippen LogP contribution in [-0.4, -0.2) is 0 Å². The third-order valence-corrected chi connectivity index (χ3v) is 2.84. The zero-order chi connectivity index (χ0) is 10.9. The van der Waals surface area contributed by atoms with Crippen LogP contribution in [0.15, 0.2) is 12.1 Å². The molecule has 0 heterocycles. The van der Waals surface area contributed by atoms with Gasteiger partial charge in [-0.25, -0.2) is 0 Å². The number of aryl methyl sites for hydroxylation is 1. The van der Waals surface area contributed by atoms with E-state index in [1.807, 2.05) is 0 Å².